The molecule has 0 aliphatic carbocycles. The van der Waals surface area contributed by atoms with Crippen molar-refractivity contribution in [3.8, 4) is 0 Å². The van der Waals surface area contributed by atoms with E-state index in [1.165, 1.54) is 0 Å². The molecule has 1 aliphatic rings. The molecule has 1 heterocycles. The molecule has 0 saturated heterocycles. The Morgan fingerprint density at radius 2 is 1.92 bits per heavy atom. The van der Waals surface area contributed by atoms with E-state index < -0.39 is 5.92 Å². The van der Waals surface area contributed by atoms with Crippen molar-refractivity contribution < 1.29 is 14.3 Å². The van der Waals surface area contributed by atoms with Gasteiger partial charge in [0.2, 0.25) is 5.91 Å². The van der Waals surface area contributed by atoms with E-state index in [0.717, 1.165) is 11.3 Å². The molecular weight excluding hydrogens is 326 g/mol. The van der Waals surface area contributed by atoms with Gasteiger partial charge in [-0.2, -0.15) is 0 Å². The van der Waals surface area contributed by atoms with E-state index in [9.17, 15) is 9.59 Å². The zero-order chi connectivity index (χ0) is 17.1. The summed E-state index contributed by atoms with van der Waals surface area (Å²) in [7, 11) is 0. The van der Waals surface area contributed by atoms with Crippen molar-refractivity contribution >= 4 is 29.2 Å². The van der Waals surface area contributed by atoms with Gasteiger partial charge in [-0.3, -0.25) is 9.59 Å². The highest BCUT2D eigenvalue weighted by molar-refractivity contribution is 6.33. The van der Waals surface area contributed by atoms with Gasteiger partial charge >= 0.3 is 5.97 Å². The molecule has 0 radical (unpaired) electrons. The van der Waals surface area contributed by atoms with Crippen LogP contribution in [0.3, 0.4) is 0 Å². The Labute approximate surface area is 146 Å². The first kappa shape index (κ1) is 16.5. The molecule has 2 aromatic rings. The topological polar surface area (TPSA) is 46.6 Å². The summed E-state index contributed by atoms with van der Waals surface area (Å²) in [6.45, 7) is 2.49. The van der Waals surface area contributed by atoms with E-state index in [2.05, 4.69) is 0 Å². The summed E-state index contributed by atoms with van der Waals surface area (Å²) in [4.78, 5) is 26.5. The van der Waals surface area contributed by atoms with Gasteiger partial charge in [0.1, 0.15) is 0 Å². The molecule has 4 nitrogen and oxygen atoms in total. The van der Waals surface area contributed by atoms with Crippen LogP contribution in [0.1, 0.15) is 30.4 Å². The Balaban J connectivity index is 1.94. The van der Waals surface area contributed by atoms with E-state index in [0.29, 0.717) is 23.7 Å². The van der Waals surface area contributed by atoms with Gasteiger partial charge in [0.15, 0.2) is 0 Å². The predicted octanol–water partition coefficient (Wildman–Crippen LogP) is 3.92. The SMILES string of the molecule is CCOC(=O)CC1C(=O)N(Cc2ccccc2)c2cccc(Cl)c21. The maximum atomic E-state index is 12.9. The van der Waals surface area contributed by atoms with Crippen LogP contribution in [0.15, 0.2) is 48.5 Å². The number of esters is 1. The van der Waals surface area contributed by atoms with Crippen LogP contribution in [0.25, 0.3) is 0 Å². The number of hydrogen-bond donors (Lipinski definition) is 0. The number of fused-ring (bicyclic) bond motifs is 1. The number of nitrogens with zero attached hydrogens (tertiary/aromatic N) is 1. The Bertz CT molecular complexity index is 760. The smallest absolute Gasteiger partial charge is 0.306 e. The standard InChI is InChI=1S/C19H18ClNO3/c1-2-24-17(22)11-14-18-15(20)9-6-10-16(18)21(19(14)23)12-13-7-4-3-5-8-13/h3-10,14H,2,11-12H2,1H3. The van der Waals surface area contributed by atoms with Crippen molar-refractivity contribution in [2.75, 3.05) is 11.5 Å². The molecule has 1 amide bonds. The van der Waals surface area contributed by atoms with Crippen LogP contribution in [0.4, 0.5) is 5.69 Å². The van der Waals surface area contributed by atoms with Crippen LogP contribution in [-0.2, 0) is 20.9 Å². The molecule has 0 saturated carbocycles. The van der Waals surface area contributed by atoms with Gasteiger partial charge in [-0.05, 0) is 24.6 Å². The Hall–Kier alpha value is -2.33. The van der Waals surface area contributed by atoms with Gasteiger partial charge in [0.25, 0.3) is 0 Å². The van der Waals surface area contributed by atoms with Crippen molar-refractivity contribution in [2.45, 2.75) is 25.8 Å². The fourth-order valence-electron chi connectivity index (χ4n) is 3.04. The molecule has 1 aliphatic heterocycles. The lowest BCUT2D eigenvalue weighted by atomic mass is 9.97. The zero-order valence-electron chi connectivity index (χ0n) is 13.4. The van der Waals surface area contributed by atoms with Crippen LogP contribution in [0.5, 0.6) is 0 Å². The lowest BCUT2D eigenvalue weighted by molar-refractivity contribution is -0.144. The van der Waals surface area contributed by atoms with Crippen molar-refractivity contribution in [1.82, 2.24) is 0 Å². The van der Waals surface area contributed by atoms with Gasteiger partial charge in [-0.15, -0.1) is 0 Å². The quantitative estimate of drug-likeness (QED) is 0.773. The van der Waals surface area contributed by atoms with Gasteiger partial charge < -0.3 is 9.64 Å². The summed E-state index contributed by atoms with van der Waals surface area (Å²) in [6.07, 6.45) is 0.00863. The number of amides is 1. The van der Waals surface area contributed by atoms with Crippen LogP contribution in [0.2, 0.25) is 5.02 Å². The first-order valence-electron chi connectivity index (χ1n) is 7.91. The summed E-state index contributed by atoms with van der Waals surface area (Å²) in [6, 6.07) is 15.2. The van der Waals surface area contributed by atoms with E-state index in [1.807, 2.05) is 42.5 Å². The van der Waals surface area contributed by atoms with Gasteiger partial charge in [-0.25, -0.2) is 0 Å². The molecule has 0 spiro atoms. The Kier molecular flexibility index (Phi) is 4.86. The van der Waals surface area contributed by atoms with E-state index in [1.54, 1.807) is 17.9 Å². The van der Waals surface area contributed by atoms with E-state index in [-0.39, 0.29) is 18.3 Å². The average molecular weight is 344 g/mol. The number of carbonyl (C=O) groups excluding carboxylic acids is 2. The highest BCUT2D eigenvalue weighted by Gasteiger charge is 2.40. The lowest BCUT2D eigenvalue weighted by Crippen LogP contribution is -2.29. The normalized spacial score (nSPS) is 16.2. The summed E-state index contributed by atoms with van der Waals surface area (Å²) < 4.78 is 5.01. The second-order valence-corrected chi connectivity index (χ2v) is 6.05. The number of rotatable bonds is 5. The second kappa shape index (κ2) is 7.05. The molecule has 124 valence electrons. The monoisotopic (exact) mass is 343 g/mol. The molecule has 1 atom stereocenters. The zero-order valence-corrected chi connectivity index (χ0v) is 14.1. The second-order valence-electron chi connectivity index (χ2n) is 5.64. The Morgan fingerprint density at radius 1 is 1.17 bits per heavy atom. The molecule has 1 unspecified atom stereocenters. The number of halogens is 1. The summed E-state index contributed by atoms with van der Waals surface area (Å²) in [5.41, 5.74) is 2.51. The highest BCUT2D eigenvalue weighted by Crippen LogP contribution is 2.43. The number of carbonyl (C=O) groups is 2. The van der Waals surface area contributed by atoms with E-state index in [4.69, 9.17) is 16.3 Å². The molecule has 5 heteroatoms. The third-order valence-corrected chi connectivity index (χ3v) is 4.42. The first-order valence-corrected chi connectivity index (χ1v) is 8.29. The minimum atomic E-state index is -0.587. The lowest BCUT2D eigenvalue weighted by Gasteiger charge is -2.18. The summed E-state index contributed by atoms with van der Waals surface area (Å²) >= 11 is 6.33. The van der Waals surface area contributed by atoms with Gasteiger partial charge in [0, 0.05) is 16.3 Å². The Morgan fingerprint density at radius 3 is 2.62 bits per heavy atom. The minimum Gasteiger partial charge on any atom is -0.466 e. The average Bonchev–Trinajstić information content (AvgIpc) is 2.83. The van der Waals surface area contributed by atoms with Crippen LogP contribution in [-0.4, -0.2) is 18.5 Å². The van der Waals surface area contributed by atoms with Crippen molar-refractivity contribution in [1.29, 1.82) is 0 Å². The molecule has 0 N–H and O–H groups in total. The van der Waals surface area contributed by atoms with Crippen molar-refractivity contribution in [3.05, 3.63) is 64.7 Å². The maximum Gasteiger partial charge on any atom is 0.306 e. The highest BCUT2D eigenvalue weighted by atomic mass is 35.5. The number of anilines is 1. The predicted molar refractivity (Wildman–Crippen MR) is 93.1 cm³/mol. The fraction of sp³-hybridized carbons (Fsp3) is 0.263. The van der Waals surface area contributed by atoms with Gasteiger partial charge in [-0.1, -0.05) is 48.0 Å². The fourth-order valence-corrected chi connectivity index (χ4v) is 3.34. The number of ether oxygens (including phenoxy) is 1. The molecule has 0 bridgehead atoms. The third kappa shape index (κ3) is 3.15. The molecule has 2 aromatic carbocycles. The summed E-state index contributed by atoms with van der Waals surface area (Å²) in [5, 5.41) is 0.505. The number of benzene rings is 2. The third-order valence-electron chi connectivity index (χ3n) is 4.09. The van der Waals surface area contributed by atoms with Crippen LogP contribution >= 0.6 is 11.6 Å². The molecule has 24 heavy (non-hydrogen) atoms. The molecule has 0 fully saturated rings. The largest absolute Gasteiger partial charge is 0.466 e. The first-order chi connectivity index (χ1) is 11.6. The van der Waals surface area contributed by atoms with Crippen molar-refractivity contribution in [2.24, 2.45) is 0 Å². The van der Waals surface area contributed by atoms with Crippen LogP contribution < -0.4 is 4.90 Å². The molecule has 0 aromatic heterocycles. The minimum absolute atomic E-state index is 0.00863. The summed E-state index contributed by atoms with van der Waals surface area (Å²) in [5.74, 6) is -1.09. The number of hydrogen-bond acceptors (Lipinski definition) is 3. The van der Waals surface area contributed by atoms with Gasteiger partial charge in [0.05, 0.1) is 25.5 Å². The molecule has 3 rings (SSSR count). The maximum absolute atomic E-state index is 12.9. The van der Waals surface area contributed by atoms with Crippen LogP contribution in [0, 0.1) is 0 Å². The van der Waals surface area contributed by atoms with E-state index >= 15 is 0 Å². The van der Waals surface area contributed by atoms with Crippen molar-refractivity contribution in [3.63, 3.8) is 0 Å². The molecular formula is C19H18ClNO3.